The predicted molar refractivity (Wildman–Crippen MR) is 152 cm³/mol. The summed E-state index contributed by atoms with van der Waals surface area (Å²) >= 11 is 3.06. The van der Waals surface area contributed by atoms with E-state index in [4.69, 9.17) is 9.15 Å². The second-order valence-electron chi connectivity index (χ2n) is 9.29. The van der Waals surface area contributed by atoms with E-state index in [9.17, 15) is 9.59 Å². The SMILES string of the molecule is COc1ccc(-n2c(SCCCCC(=O)N3CCN(C(=O)c4cccs4)C(C)C3)nnc2-c2ccco2)cc1. The van der Waals surface area contributed by atoms with Crippen LogP contribution in [0, 0.1) is 0 Å². The quantitative estimate of drug-likeness (QED) is 0.192. The lowest BCUT2D eigenvalue weighted by atomic mass is 10.1. The number of carbonyl (C=O) groups excluding carboxylic acids is 2. The second kappa shape index (κ2) is 12.5. The molecule has 4 aromatic rings. The molecule has 0 spiro atoms. The van der Waals surface area contributed by atoms with Gasteiger partial charge in [0.15, 0.2) is 10.9 Å². The van der Waals surface area contributed by atoms with Crippen molar-refractivity contribution in [1.82, 2.24) is 24.6 Å². The predicted octanol–water partition coefficient (Wildman–Crippen LogP) is 5.23. The lowest BCUT2D eigenvalue weighted by Gasteiger charge is -2.39. The second-order valence-corrected chi connectivity index (χ2v) is 11.3. The van der Waals surface area contributed by atoms with Crippen molar-refractivity contribution in [3.63, 3.8) is 0 Å². The van der Waals surface area contributed by atoms with E-state index in [0.717, 1.165) is 40.1 Å². The molecule has 1 saturated heterocycles. The lowest BCUT2D eigenvalue weighted by Crippen LogP contribution is -2.55. The van der Waals surface area contributed by atoms with Gasteiger partial charge in [0.05, 0.1) is 23.9 Å². The zero-order chi connectivity index (χ0) is 27.2. The number of rotatable bonds is 10. The Balaban J connectivity index is 1.13. The minimum Gasteiger partial charge on any atom is -0.497 e. The molecule has 39 heavy (non-hydrogen) atoms. The van der Waals surface area contributed by atoms with Gasteiger partial charge in [-0.2, -0.15) is 0 Å². The molecule has 5 rings (SSSR count). The highest BCUT2D eigenvalue weighted by atomic mass is 32.2. The Hall–Kier alpha value is -3.57. The van der Waals surface area contributed by atoms with Crippen LogP contribution >= 0.6 is 23.1 Å². The topological polar surface area (TPSA) is 93.7 Å². The van der Waals surface area contributed by atoms with Crippen LogP contribution in [0.4, 0.5) is 0 Å². The van der Waals surface area contributed by atoms with Crippen molar-refractivity contribution in [2.45, 2.75) is 37.4 Å². The van der Waals surface area contributed by atoms with Crippen molar-refractivity contribution >= 4 is 34.9 Å². The van der Waals surface area contributed by atoms with E-state index in [2.05, 4.69) is 10.2 Å². The van der Waals surface area contributed by atoms with Gasteiger partial charge in [0.25, 0.3) is 5.91 Å². The lowest BCUT2D eigenvalue weighted by molar-refractivity contribution is -0.133. The van der Waals surface area contributed by atoms with Crippen LogP contribution in [-0.4, -0.2) is 74.9 Å². The highest BCUT2D eigenvalue weighted by molar-refractivity contribution is 7.99. The van der Waals surface area contributed by atoms with Gasteiger partial charge in [0, 0.05) is 37.8 Å². The Morgan fingerprint density at radius 3 is 2.64 bits per heavy atom. The summed E-state index contributed by atoms with van der Waals surface area (Å²) in [5.41, 5.74) is 0.913. The molecule has 0 radical (unpaired) electrons. The van der Waals surface area contributed by atoms with E-state index in [-0.39, 0.29) is 17.9 Å². The molecule has 0 N–H and O–H groups in total. The van der Waals surface area contributed by atoms with Crippen molar-refractivity contribution in [2.24, 2.45) is 0 Å². The smallest absolute Gasteiger partial charge is 0.264 e. The van der Waals surface area contributed by atoms with Crippen molar-refractivity contribution in [3.05, 3.63) is 65.1 Å². The normalized spacial score (nSPS) is 15.5. The van der Waals surface area contributed by atoms with Gasteiger partial charge < -0.3 is 19.0 Å². The molecular formula is C28H31N5O4S2. The van der Waals surface area contributed by atoms with Gasteiger partial charge in [-0.15, -0.1) is 21.5 Å². The van der Waals surface area contributed by atoms with Gasteiger partial charge in [-0.05, 0) is 67.6 Å². The first-order valence-electron chi connectivity index (χ1n) is 12.9. The first-order valence-corrected chi connectivity index (χ1v) is 14.8. The minimum absolute atomic E-state index is 0.000490. The first kappa shape index (κ1) is 27.0. The number of nitrogens with zero attached hydrogens (tertiary/aromatic N) is 5. The van der Waals surface area contributed by atoms with E-state index < -0.39 is 0 Å². The van der Waals surface area contributed by atoms with Crippen molar-refractivity contribution in [3.8, 4) is 23.0 Å². The van der Waals surface area contributed by atoms with Crippen LogP contribution in [0.3, 0.4) is 0 Å². The third kappa shape index (κ3) is 6.20. The molecule has 1 aliphatic heterocycles. The number of carbonyl (C=O) groups is 2. The zero-order valence-corrected chi connectivity index (χ0v) is 23.6. The minimum atomic E-state index is 0.000490. The molecule has 4 heterocycles. The molecule has 9 nitrogen and oxygen atoms in total. The van der Waals surface area contributed by atoms with Crippen LogP contribution in [0.2, 0.25) is 0 Å². The van der Waals surface area contributed by atoms with Gasteiger partial charge in [-0.25, -0.2) is 0 Å². The van der Waals surface area contributed by atoms with Gasteiger partial charge in [0.2, 0.25) is 11.7 Å². The molecule has 0 bridgehead atoms. The number of aromatic nitrogens is 3. The Morgan fingerprint density at radius 1 is 1.10 bits per heavy atom. The molecule has 1 unspecified atom stereocenters. The van der Waals surface area contributed by atoms with Crippen LogP contribution in [-0.2, 0) is 4.79 Å². The molecule has 1 fully saturated rings. The number of benzene rings is 1. The summed E-state index contributed by atoms with van der Waals surface area (Å²) < 4.78 is 12.9. The maximum atomic E-state index is 12.9. The molecule has 0 saturated carbocycles. The van der Waals surface area contributed by atoms with Crippen LogP contribution in [0.5, 0.6) is 5.75 Å². The number of amides is 2. The summed E-state index contributed by atoms with van der Waals surface area (Å²) in [7, 11) is 1.64. The summed E-state index contributed by atoms with van der Waals surface area (Å²) in [5.74, 6) is 3.06. The summed E-state index contributed by atoms with van der Waals surface area (Å²) in [6.45, 7) is 3.73. The molecule has 1 aliphatic rings. The Kier molecular flexibility index (Phi) is 8.67. The molecule has 2 amide bonds. The molecular weight excluding hydrogens is 534 g/mol. The Morgan fingerprint density at radius 2 is 1.95 bits per heavy atom. The Labute approximate surface area is 235 Å². The first-order chi connectivity index (χ1) is 19.0. The maximum Gasteiger partial charge on any atom is 0.264 e. The number of hydrogen-bond acceptors (Lipinski definition) is 8. The van der Waals surface area contributed by atoms with E-state index in [1.54, 1.807) is 25.1 Å². The van der Waals surface area contributed by atoms with Crippen LogP contribution in [0.25, 0.3) is 17.3 Å². The van der Waals surface area contributed by atoms with Crippen molar-refractivity contribution in [2.75, 3.05) is 32.5 Å². The Bertz CT molecular complexity index is 1370. The number of thioether (sulfide) groups is 1. The summed E-state index contributed by atoms with van der Waals surface area (Å²) in [6, 6.07) is 15.2. The standard InChI is InChI=1S/C28H31N5O4S2/c1-20-19-31(14-15-32(20)27(35)24-8-6-18-38-24)25(34)9-3-4-17-39-28-30-29-26(23-7-5-16-37-23)33(28)21-10-12-22(36-2)13-11-21/h5-8,10-13,16,18,20H,3-4,9,14-15,17,19H2,1-2H3. The van der Waals surface area contributed by atoms with Crippen LogP contribution in [0.1, 0.15) is 35.9 Å². The molecule has 204 valence electrons. The number of piperazine rings is 1. The highest BCUT2D eigenvalue weighted by Gasteiger charge is 2.30. The molecule has 0 aliphatic carbocycles. The maximum absolute atomic E-state index is 12.9. The third-order valence-electron chi connectivity index (χ3n) is 6.69. The average Bonchev–Trinajstić information content (AvgIpc) is 3.74. The molecule has 3 aromatic heterocycles. The van der Waals surface area contributed by atoms with Gasteiger partial charge in [-0.1, -0.05) is 17.8 Å². The fourth-order valence-electron chi connectivity index (χ4n) is 4.62. The number of ether oxygens (including phenoxy) is 1. The van der Waals surface area contributed by atoms with Gasteiger partial charge in [0.1, 0.15) is 5.75 Å². The highest BCUT2D eigenvalue weighted by Crippen LogP contribution is 2.29. The monoisotopic (exact) mass is 565 g/mol. The number of hydrogen-bond donors (Lipinski definition) is 0. The fourth-order valence-corrected chi connectivity index (χ4v) is 6.25. The van der Waals surface area contributed by atoms with Gasteiger partial charge in [-0.3, -0.25) is 14.2 Å². The summed E-state index contributed by atoms with van der Waals surface area (Å²) in [6.07, 6.45) is 3.77. The molecule has 1 atom stereocenters. The molecule has 1 aromatic carbocycles. The van der Waals surface area contributed by atoms with Crippen molar-refractivity contribution in [1.29, 1.82) is 0 Å². The zero-order valence-electron chi connectivity index (χ0n) is 22.0. The van der Waals surface area contributed by atoms with Crippen LogP contribution in [0.15, 0.2) is 69.7 Å². The third-order valence-corrected chi connectivity index (χ3v) is 8.57. The van der Waals surface area contributed by atoms with Gasteiger partial charge >= 0.3 is 0 Å². The largest absolute Gasteiger partial charge is 0.497 e. The number of methoxy groups -OCH3 is 1. The van der Waals surface area contributed by atoms with Crippen LogP contribution < -0.4 is 4.74 Å². The number of furan rings is 1. The number of thiophene rings is 1. The summed E-state index contributed by atoms with van der Waals surface area (Å²) in [4.78, 5) is 30.1. The number of unbranched alkanes of at least 4 members (excludes halogenated alkanes) is 1. The van der Waals surface area contributed by atoms with Crippen molar-refractivity contribution < 1.29 is 18.7 Å². The van der Waals surface area contributed by atoms with E-state index >= 15 is 0 Å². The molecule has 11 heteroatoms. The van der Waals surface area contributed by atoms with E-state index in [1.165, 1.54) is 11.3 Å². The average molecular weight is 566 g/mol. The van der Waals surface area contributed by atoms with E-state index in [1.807, 2.05) is 75.2 Å². The summed E-state index contributed by atoms with van der Waals surface area (Å²) in [5, 5.41) is 11.5. The van der Waals surface area contributed by atoms with E-state index in [0.29, 0.717) is 37.6 Å². The fraction of sp³-hybridized carbons (Fsp3) is 0.357.